The van der Waals surface area contributed by atoms with Gasteiger partial charge in [-0.05, 0) is 62.1 Å². The zero-order valence-corrected chi connectivity index (χ0v) is 17.6. The molecule has 0 atom stereocenters. The molecule has 0 radical (unpaired) electrons. The van der Waals surface area contributed by atoms with Gasteiger partial charge in [0, 0.05) is 12.6 Å². The van der Waals surface area contributed by atoms with Gasteiger partial charge in [-0.3, -0.25) is 9.69 Å². The van der Waals surface area contributed by atoms with E-state index in [4.69, 9.17) is 14.2 Å². The smallest absolute Gasteiger partial charge is 0.232 e. The van der Waals surface area contributed by atoms with Gasteiger partial charge in [0.1, 0.15) is 24.0 Å². The van der Waals surface area contributed by atoms with Gasteiger partial charge >= 0.3 is 0 Å². The Morgan fingerprint density at radius 1 is 1.20 bits per heavy atom. The monoisotopic (exact) mass is 405 g/mol. The lowest BCUT2D eigenvalue weighted by atomic mass is 9.98. The molecule has 2 aliphatic heterocycles. The minimum absolute atomic E-state index is 0.0582. The predicted octanol–water partition coefficient (Wildman–Crippen LogP) is 5.10. The first kappa shape index (κ1) is 19.2. The van der Waals surface area contributed by atoms with Gasteiger partial charge in [-0.15, -0.1) is 0 Å². The predicted molar refractivity (Wildman–Crippen MR) is 115 cm³/mol. The molecule has 3 aliphatic rings. The molecule has 5 nitrogen and oxygen atoms in total. The summed E-state index contributed by atoms with van der Waals surface area (Å²) in [7, 11) is 0. The van der Waals surface area contributed by atoms with E-state index in [0.29, 0.717) is 36.5 Å². The van der Waals surface area contributed by atoms with Crippen LogP contribution < -0.4 is 14.2 Å². The number of fused-ring (bicyclic) bond motifs is 3. The number of nitrogens with zero attached hydrogens (tertiary/aromatic N) is 1. The van der Waals surface area contributed by atoms with Crippen molar-refractivity contribution in [3.05, 3.63) is 58.3 Å². The van der Waals surface area contributed by atoms with Crippen molar-refractivity contribution >= 4 is 11.9 Å². The summed E-state index contributed by atoms with van der Waals surface area (Å²) in [6, 6.07) is 10.2. The number of aryl methyl sites for hydroxylation is 1. The van der Waals surface area contributed by atoms with Crippen molar-refractivity contribution in [1.29, 1.82) is 0 Å². The maximum absolute atomic E-state index is 13.1. The lowest BCUT2D eigenvalue weighted by molar-refractivity contribution is 0.0567. The molecule has 1 fully saturated rings. The highest BCUT2D eigenvalue weighted by Gasteiger charge is 2.36. The topological polar surface area (TPSA) is 48.0 Å². The molecular formula is C25H27NO4. The molecule has 0 N–H and O–H groups in total. The van der Waals surface area contributed by atoms with Gasteiger partial charge in [-0.25, -0.2) is 0 Å². The van der Waals surface area contributed by atoms with Gasteiger partial charge < -0.3 is 14.2 Å². The average molecular weight is 405 g/mol. The summed E-state index contributed by atoms with van der Waals surface area (Å²) in [5.74, 6) is 2.64. The van der Waals surface area contributed by atoms with E-state index in [-0.39, 0.29) is 5.78 Å². The first-order valence-electron chi connectivity index (χ1n) is 10.8. The van der Waals surface area contributed by atoms with E-state index in [0.717, 1.165) is 34.7 Å². The van der Waals surface area contributed by atoms with Gasteiger partial charge in [0.05, 0.1) is 17.7 Å². The van der Waals surface area contributed by atoms with Crippen LogP contribution in [0.3, 0.4) is 0 Å². The minimum atomic E-state index is -0.0582. The zero-order chi connectivity index (χ0) is 20.7. The summed E-state index contributed by atoms with van der Waals surface area (Å²) in [4.78, 5) is 15.5. The van der Waals surface area contributed by atoms with Crippen molar-refractivity contribution in [2.75, 3.05) is 13.3 Å². The molecule has 1 saturated carbocycles. The SMILES string of the molecule is CCOc1ccc(/C=C2\Oc3c4c(cc(C)c3C2=O)OCN(C2CCCC2)C4)cc1. The Labute approximate surface area is 177 Å². The number of Topliss-reactive ketones (excluding diaryl/α,β-unsaturated/α-hetero) is 1. The molecule has 2 aromatic rings. The Kier molecular flexibility index (Phi) is 4.99. The Balaban J connectivity index is 1.45. The van der Waals surface area contributed by atoms with Gasteiger partial charge in [0.2, 0.25) is 5.78 Å². The first-order valence-corrected chi connectivity index (χ1v) is 10.8. The van der Waals surface area contributed by atoms with E-state index >= 15 is 0 Å². The van der Waals surface area contributed by atoms with Crippen LogP contribution in [0.2, 0.25) is 0 Å². The van der Waals surface area contributed by atoms with Crippen molar-refractivity contribution in [2.45, 2.75) is 52.1 Å². The van der Waals surface area contributed by atoms with E-state index in [1.807, 2.05) is 50.3 Å². The first-order chi connectivity index (χ1) is 14.6. The summed E-state index contributed by atoms with van der Waals surface area (Å²) in [6.07, 6.45) is 6.81. The van der Waals surface area contributed by atoms with Gasteiger partial charge in [-0.2, -0.15) is 0 Å². The number of hydrogen-bond donors (Lipinski definition) is 0. The Hall–Kier alpha value is -2.79. The van der Waals surface area contributed by atoms with E-state index in [9.17, 15) is 4.79 Å². The Bertz CT molecular complexity index is 1000. The summed E-state index contributed by atoms with van der Waals surface area (Å²) < 4.78 is 17.7. The number of allylic oxidation sites excluding steroid dienone is 1. The molecule has 0 bridgehead atoms. The lowest BCUT2D eigenvalue weighted by Crippen LogP contribution is -2.39. The number of carbonyl (C=O) groups is 1. The summed E-state index contributed by atoms with van der Waals surface area (Å²) in [6.45, 7) is 5.91. The van der Waals surface area contributed by atoms with E-state index in [1.165, 1.54) is 25.7 Å². The van der Waals surface area contributed by atoms with Gasteiger partial charge in [0.15, 0.2) is 5.76 Å². The second-order valence-electron chi connectivity index (χ2n) is 8.27. The molecular weight excluding hydrogens is 378 g/mol. The number of ether oxygens (including phenoxy) is 3. The molecule has 0 spiro atoms. The fraction of sp³-hybridized carbons (Fsp3) is 0.400. The Morgan fingerprint density at radius 2 is 1.97 bits per heavy atom. The van der Waals surface area contributed by atoms with Crippen LogP contribution in [-0.2, 0) is 6.54 Å². The normalized spacial score (nSPS) is 20.1. The quantitative estimate of drug-likeness (QED) is 0.662. The maximum atomic E-state index is 13.1. The van der Waals surface area contributed by atoms with Crippen LogP contribution in [0.15, 0.2) is 36.1 Å². The number of rotatable bonds is 4. The van der Waals surface area contributed by atoms with Crippen molar-refractivity contribution < 1.29 is 19.0 Å². The van der Waals surface area contributed by atoms with E-state index in [2.05, 4.69) is 4.90 Å². The van der Waals surface area contributed by atoms with E-state index in [1.54, 1.807) is 0 Å². The van der Waals surface area contributed by atoms with E-state index < -0.39 is 0 Å². The molecule has 1 aliphatic carbocycles. The molecule has 2 heterocycles. The maximum Gasteiger partial charge on any atom is 0.232 e. The summed E-state index contributed by atoms with van der Waals surface area (Å²) in [5, 5.41) is 0. The van der Waals surface area contributed by atoms with Crippen LogP contribution in [0.25, 0.3) is 6.08 Å². The highest BCUT2D eigenvalue weighted by molar-refractivity contribution is 6.15. The molecule has 0 aromatic heterocycles. The number of ketones is 1. The number of hydrogen-bond acceptors (Lipinski definition) is 5. The summed E-state index contributed by atoms with van der Waals surface area (Å²) in [5.41, 5.74) is 3.48. The van der Waals surface area contributed by atoms with Crippen LogP contribution in [-0.4, -0.2) is 30.1 Å². The van der Waals surface area contributed by atoms with Crippen LogP contribution in [0.5, 0.6) is 17.2 Å². The third kappa shape index (κ3) is 3.37. The summed E-state index contributed by atoms with van der Waals surface area (Å²) >= 11 is 0. The number of carbonyl (C=O) groups excluding carboxylic acids is 1. The van der Waals surface area contributed by atoms with Crippen LogP contribution >= 0.6 is 0 Å². The highest BCUT2D eigenvalue weighted by Crippen LogP contribution is 2.45. The van der Waals surface area contributed by atoms with Crippen molar-refractivity contribution in [3.63, 3.8) is 0 Å². The zero-order valence-electron chi connectivity index (χ0n) is 17.6. The molecule has 30 heavy (non-hydrogen) atoms. The third-order valence-corrected chi connectivity index (χ3v) is 6.28. The molecule has 0 amide bonds. The van der Waals surface area contributed by atoms with Crippen LogP contribution in [0.1, 0.15) is 59.7 Å². The van der Waals surface area contributed by atoms with Gasteiger partial charge in [0.25, 0.3) is 0 Å². The molecule has 5 rings (SSSR count). The standard InChI is InChI=1S/C25H27NO4/c1-3-28-19-10-8-17(9-11-19)13-22-24(27)23-16(2)12-21-20(25(23)30-22)14-26(15-29-21)18-6-4-5-7-18/h8-13,18H,3-7,14-15H2,1-2H3/b22-13-. The van der Waals surface area contributed by atoms with Crippen LogP contribution in [0, 0.1) is 6.92 Å². The molecule has 156 valence electrons. The number of benzene rings is 2. The average Bonchev–Trinajstić information content (AvgIpc) is 3.39. The van der Waals surface area contributed by atoms with Gasteiger partial charge in [-0.1, -0.05) is 25.0 Å². The lowest BCUT2D eigenvalue weighted by Gasteiger charge is -2.34. The Morgan fingerprint density at radius 3 is 2.70 bits per heavy atom. The third-order valence-electron chi connectivity index (χ3n) is 6.28. The fourth-order valence-corrected chi connectivity index (χ4v) is 4.73. The minimum Gasteiger partial charge on any atom is -0.494 e. The molecule has 5 heteroatoms. The fourth-order valence-electron chi connectivity index (χ4n) is 4.73. The largest absolute Gasteiger partial charge is 0.494 e. The van der Waals surface area contributed by atoms with Crippen molar-refractivity contribution in [1.82, 2.24) is 4.90 Å². The van der Waals surface area contributed by atoms with Crippen molar-refractivity contribution in [2.24, 2.45) is 0 Å². The second-order valence-corrected chi connectivity index (χ2v) is 8.27. The molecule has 0 saturated heterocycles. The molecule has 0 unspecified atom stereocenters. The van der Waals surface area contributed by atoms with Crippen LogP contribution in [0.4, 0.5) is 0 Å². The highest BCUT2D eigenvalue weighted by atomic mass is 16.5. The molecule has 2 aromatic carbocycles. The van der Waals surface area contributed by atoms with Crippen molar-refractivity contribution in [3.8, 4) is 17.2 Å². The second kappa shape index (κ2) is 7.80.